The predicted molar refractivity (Wildman–Crippen MR) is 134 cm³/mol. The monoisotopic (exact) mass is 460 g/mol. The van der Waals surface area contributed by atoms with Gasteiger partial charge in [-0.05, 0) is 35.6 Å². The third-order valence-electron chi connectivity index (χ3n) is 5.57. The van der Waals surface area contributed by atoms with E-state index in [1.165, 1.54) is 0 Å². The topological polar surface area (TPSA) is 103 Å². The molecule has 1 heterocycles. The van der Waals surface area contributed by atoms with Crippen LogP contribution in [0.4, 0.5) is 0 Å². The van der Waals surface area contributed by atoms with Crippen molar-refractivity contribution in [2.24, 2.45) is 5.92 Å². The number of aromatic amines is 1. The van der Waals surface area contributed by atoms with Crippen LogP contribution in [0.3, 0.4) is 0 Å². The summed E-state index contributed by atoms with van der Waals surface area (Å²) in [5.41, 5.74) is 2.85. The average molecular weight is 461 g/mol. The Labute approximate surface area is 200 Å². The minimum absolute atomic E-state index is 0.167. The highest BCUT2D eigenvalue weighted by Gasteiger charge is 2.27. The molecule has 0 aliphatic carbocycles. The van der Waals surface area contributed by atoms with Gasteiger partial charge in [0.2, 0.25) is 17.7 Å². The molecule has 3 amide bonds. The van der Waals surface area contributed by atoms with E-state index in [4.69, 9.17) is 0 Å². The molecule has 0 saturated heterocycles. The van der Waals surface area contributed by atoms with Gasteiger partial charge in [0.1, 0.15) is 12.1 Å². The first-order valence-corrected chi connectivity index (χ1v) is 11.5. The summed E-state index contributed by atoms with van der Waals surface area (Å²) >= 11 is 0. The minimum atomic E-state index is -0.814. The number of benzene rings is 2. The minimum Gasteiger partial charge on any atom is -0.361 e. The highest BCUT2D eigenvalue weighted by Crippen LogP contribution is 2.19. The number of hydrogen-bond donors (Lipinski definition) is 4. The van der Waals surface area contributed by atoms with E-state index in [1.54, 1.807) is 0 Å². The highest BCUT2D eigenvalue weighted by molar-refractivity contribution is 5.95. The van der Waals surface area contributed by atoms with Crippen LogP contribution in [0.5, 0.6) is 0 Å². The fourth-order valence-electron chi connectivity index (χ4n) is 3.84. The molecular weight excluding hydrogens is 428 g/mol. The number of carbonyl (C=O) groups is 3. The summed E-state index contributed by atoms with van der Waals surface area (Å²) in [7, 11) is 0. The number of H-pyrrole nitrogens is 1. The molecule has 3 rings (SSSR count). The molecule has 0 spiro atoms. The SMILES string of the molecule is C=CC(=O)N[C@@H](CC(C)C)C(=O)N[C@@H](Cc1c[nH]c2ccccc12)C(=O)NCc1ccccc1. The Morgan fingerprint density at radius 1 is 0.941 bits per heavy atom. The van der Waals surface area contributed by atoms with Gasteiger partial charge in [0.25, 0.3) is 0 Å². The Kier molecular flexibility index (Phi) is 8.62. The van der Waals surface area contributed by atoms with Gasteiger partial charge in [-0.3, -0.25) is 14.4 Å². The van der Waals surface area contributed by atoms with E-state index in [9.17, 15) is 14.4 Å². The molecule has 0 fully saturated rings. The van der Waals surface area contributed by atoms with Crippen molar-refractivity contribution in [3.63, 3.8) is 0 Å². The second-order valence-electron chi connectivity index (χ2n) is 8.72. The van der Waals surface area contributed by atoms with Crippen molar-refractivity contribution >= 4 is 28.6 Å². The number of rotatable bonds is 11. The summed E-state index contributed by atoms with van der Waals surface area (Å²) in [4.78, 5) is 41.5. The lowest BCUT2D eigenvalue weighted by molar-refractivity contribution is -0.131. The van der Waals surface area contributed by atoms with Crippen LogP contribution in [0.15, 0.2) is 73.4 Å². The number of nitrogens with one attached hydrogen (secondary N) is 4. The van der Waals surface area contributed by atoms with Crippen LogP contribution in [0.25, 0.3) is 10.9 Å². The second-order valence-corrected chi connectivity index (χ2v) is 8.72. The molecule has 1 aromatic heterocycles. The maximum absolute atomic E-state index is 13.2. The Morgan fingerprint density at radius 2 is 1.65 bits per heavy atom. The summed E-state index contributed by atoms with van der Waals surface area (Å²) in [6, 6.07) is 15.8. The van der Waals surface area contributed by atoms with Gasteiger partial charge in [-0.2, -0.15) is 0 Å². The first kappa shape index (κ1) is 24.8. The molecule has 7 nitrogen and oxygen atoms in total. The summed E-state index contributed by atoms with van der Waals surface area (Å²) < 4.78 is 0. The third kappa shape index (κ3) is 6.81. The van der Waals surface area contributed by atoms with Crippen molar-refractivity contribution in [2.75, 3.05) is 0 Å². The van der Waals surface area contributed by atoms with E-state index >= 15 is 0 Å². The summed E-state index contributed by atoms with van der Waals surface area (Å²) in [5.74, 6) is -0.952. The molecular formula is C27H32N4O3. The average Bonchev–Trinajstić information content (AvgIpc) is 3.24. The Hall–Kier alpha value is -3.87. The number of aromatic nitrogens is 1. The molecule has 7 heteroatoms. The number of para-hydroxylation sites is 1. The van der Waals surface area contributed by atoms with E-state index in [0.717, 1.165) is 28.1 Å². The van der Waals surface area contributed by atoms with E-state index in [2.05, 4.69) is 27.5 Å². The lowest BCUT2D eigenvalue weighted by Gasteiger charge is -2.24. The molecule has 2 atom stereocenters. The predicted octanol–water partition coefficient (Wildman–Crippen LogP) is 3.23. The van der Waals surface area contributed by atoms with Crippen LogP contribution in [0, 0.1) is 5.92 Å². The zero-order valence-electron chi connectivity index (χ0n) is 19.6. The Bertz CT molecular complexity index is 1140. The first-order chi connectivity index (χ1) is 16.4. The fourth-order valence-corrected chi connectivity index (χ4v) is 3.84. The maximum Gasteiger partial charge on any atom is 0.244 e. The van der Waals surface area contributed by atoms with Crippen LogP contribution in [-0.2, 0) is 27.3 Å². The van der Waals surface area contributed by atoms with Crippen LogP contribution in [0.2, 0.25) is 0 Å². The molecule has 0 radical (unpaired) electrons. The molecule has 34 heavy (non-hydrogen) atoms. The number of fused-ring (bicyclic) bond motifs is 1. The van der Waals surface area contributed by atoms with Gasteiger partial charge in [-0.15, -0.1) is 0 Å². The van der Waals surface area contributed by atoms with E-state index < -0.39 is 23.9 Å². The zero-order valence-corrected chi connectivity index (χ0v) is 19.6. The fraction of sp³-hybridized carbons (Fsp3) is 0.296. The standard InChI is InChI=1S/C27H32N4O3/c1-4-25(32)30-23(14-18(2)3)27(34)31-24(26(33)29-16-19-10-6-5-7-11-19)15-20-17-28-22-13-9-8-12-21(20)22/h4-13,17-18,23-24,28H,1,14-16H2,2-3H3,(H,29,33)(H,30,32)(H,31,34)/t23-,24-/m0/s1. The molecule has 0 aliphatic heterocycles. The summed E-state index contributed by atoms with van der Waals surface area (Å²) in [6.45, 7) is 7.75. The quantitative estimate of drug-likeness (QED) is 0.330. The first-order valence-electron chi connectivity index (χ1n) is 11.5. The molecule has 178 valence electrons. The van der Waals surface area contributed by atoms with Gasteiger partial charge in [-0.25, -0.2) is 0 Å². The number of hydrogen-bond acceptors (Lipinski definition) is 3. The number of carbonyl (C=O) groups excluding carboxylic acids is 3. The largest absolute Gasteiger partial charge is 0.361 e. The normalized spacial score (nSPS) is 12.7. The summed E-state index contributed by atoms with van der Waals surface area (Å²) in [5, 5.41) is 9.48. The van der Waals surface area contributed by atoms with Crippen LogP contribution < -0.4 is 16.0 Å². The van der Waals surface area contributed by atoms with Crippen LogP contribution >= 0.6 is 0 Å². The highest BCUT2D eigenvalue weighted by atomic mass is 16.2. The molecule has 3 aromatic rings. The third-order valence-corrected chi connectivity index (χ3v) is 5.57. The lowest BCUT2D eigenvalue weighted by atomic mass is 10.0. The van der Waals surface area contributed by atoms with E-state index in [-0.39, 0.29) is 11.8 Å². The van der Waals surface area contributed by atoms with Gasteiger partial charge in [0.15, 0.2) is 0 Å². The van der Waals surface area contributed by atoms with Gasteiger partial charge >= 0.3 is 0 Å². The van der Waals surface area contributed by atoms with Gasteiger partial charge in [0, 0.05) is 30.1 Å². The Balaban J connectivity index is 1.80. The van der Waals surface area contributed by atoms with Gasteiger partial charge in [-0.1, -0.05) is 69.0 Å². The maximum atomic E-state index is 13.2. The van der Waals surface area contributed by atoms with Crippen molar-refractivity contribution in [1.29, 1.82) is 0 Å². The van der Waals surface area contributed by atoms with E-state index in [1.807, 2.05) is 74.6 Å². The number of amides is 3. The van der Waals surface area contributed by atoms with Crippen molar-refractivity contribution in [2.45, 2.75) is 45.3 Å². The van der Waals surface area contributed by atoms with Crippen LogP contribution in [-0.4, -0.2) is 34.8 Å². The second kappa shape index (κ2) is 11.8. The molecule has 2 aromatic carbocycles. The van der Waals surface area contributed by atoms with Crippen molar-refractivity contribution in [1.82, 2.24) is 20.9 Å². The lowest BCUT2D eigenvalue weighted by Crippen LogP contribution is -2.54. The molecule has 0 aliphatic rings. The molecule has 0 saturated carbocycles. The van der Waals surface area contributed by atoms with Crippen molar-refractivity contribution in [3.8, 4) is 0 Å². The Morgan fingerprint density at radius 3 is 2.35 bits per heavy atom. The summed E-state index contributed by atoms with van der Waals surface area (Å²) in [6.07, 6.45) is 3.74. The zero-order chi connectivity index (χ0) is 24.5. The van der Waals surface area contributed by atoms with E-state index in [0.29, 0.717) is 19.4 Å². The van der Waals surface area contributed by atoms with Gasteiger partial charge < -0.3 is 20.9 Å². The van der Waals surface area contributed by atoms with Crippen molar-refractivity contribution < 1.29 is 14.4 Å². The molecule has 4 N–H and O–H groups in total. The molecule has 0 unspecified atom stereocenters. The van der Waals surface area contributed by atoms with Gasteiger partial charge in [0.05, 0.1) is 0 Å². The van der Waals surface area contributed by atoms with Crippen LogP contribution in [0.1, 0.15) is 31.4 Å². The smallest absolute Gasteiger partial charge is 0.244 e. The van der Waals surface area contributed by atoms with Crippen molar-refractivity contribution in [3.05, 3.63) is 84.6 Å². The molecule has 0 bridgehead atoms.